The summed E-state index contributed by atoms with van der Waals surface area (Å²) in [5.74, 6) is -0.855. The van der Waals surface area contributed by atoms with Crippen LogP contribution in [0.1, 0.15) is 57.8 Å². The van der Waals surface area contributed by atoms with Crippen molar-refractivity contribution in [3.63, 3.8) is 0 Å². The number of nitrogens with one attached hydrogen (secondary N) is 1. The van der Waals surface area contributed by atoms with Crippen LogP contribution in [0.4, 0.5) is 0 Å². The van der Waals surface area contributed by atoms with Gasteiger partial charge in [0, 0.05) is 6.54 Å². The zero-order valence-corrected chi connectivity index (χ0v) is 11.4. The quantitative estimate of drug-likeness (QED) is 0.703. The Hall–Kier alpha value is -1.10. The number of carboxylic acids is 1. The highest BCUT2D eigenvalue weighted by atomic mass is 16.4. The summed E-state index contributed by atoms with van der Waals surface area (Å²) in [5, 5.41) is 12.1. The number of carboxylic acid groups (broad SMARTS) is 1. The average molecular weight is 268 g/mol. The summed E-state index contributed by atoms with van der Waals surface area (Å²) >= 11 is 0. The van der Waals surface area contributed by atoms with Crippen molar-refractivity contribution in [2.45, 2.75) is 63.3 Å². The molecule has 2 aliphatic carbocycles. The zero-order chi connectivity index (χ0) is 13.9. The van der Waals surface area contributed by atoms with Crippen molar-refractivity contribution in [3.8, 4) is 0 Å². The molecule has 2 rings (SSSR count). The minimum Gasteiger partial charge on any atom is -0.481 e. The molecular weight excluding hydrogens is 244 g/mol. The Morgan fingerprint density at radius 1 is 1.05 bits per heavy atom. The average Bonchev–Trinajstić information content (AvgIpc) is 2.98. The molecule has 5 nitrogen and oxygen atoms in total. The molecule has 5 heteroatoms. The number of nitrogens with two attached hydrogens (primary N) is 1. The van der Waals surface area contributed by atoms with Crippen molar-refractivity contribution in [3.05, 3.63) is 0 Å². The van der Waals surface area contributed by atoms with E-state index in [4.69, 9.17) is 10.8 Å². The summed E-state index contributed by atoms with van der Waals surface area (Å²) in [4.78, 5) is 23.6. The first-order valence-electron chi connectivity index (χ1n) is 7.26. The predicted octanol–water partition coefficient (Wildman–Crippen LogP) is 1.41. The minimum absolute atomic E-state index is 0.0179. The number of hydrogen-bond acceptors (Lipinski definition) is 3. The van der Waals surface area contributed by atoms with Crippen molar-refractivity contribution < 1.29 is 14.7 Å². The third kappa shape index (κ3) is 2.91. The van der Waals surface area contributed by atoms with Crippen LogP contribution in [-0.2, 0) is 9.59 Å². The molecule has 0 saturated heterocycles. The van der Waals surface area contributed by atoms with E-state index in [0.717, 1.165) is 51.4 Å². The van der Waals surface area contributed by atoms with Gasteiger partial charge in [0.15, 0.2) is 0 Å². The molecule has 0 heterocycles. The van der Waals surface area contributed by atoms with Crippen LogP contribution in [0.3, 0.4) is 0 Å². The van der Waals surface area contributed by atoms with Crippen LogP contribution in [0.5, 0.6) is 0 Å². The molecule has 0 radical (unpaired) electrons. The fourth-order valence-electron chi connectivity index (χ4n) is 3.64. The fraction of sp³-hybridized carbons (Fsp3) is 0.857. The summed E-state index contributed by atoms with van der Waals surface area (Å²) in [7, 11) is 0. The highest BCUT2D eigenvalue weighted by Crippen LogP contribution is 2.40. The molecule has 1 amide bonds. The first-order valence-corrected chi connectivity index (χ1v) is 7.26. The Morgan fingerprint density at radius 2 is 1.58 bits per heavy atom. The molecule has 0 spiro atoms. The van der Waals surface area contributed by atoms with E-state index in [1.165, 1.54) is 0 Å². The number of carbonyl (C=O) groups excluding carboxylic acids is 1. The van der Waals surface area contributed by atoms with Gasteiger partial charge in [-0.1, -0.05) is 25.7 Å². The highest BCUT2D eigenvalue weighted by molar-refractivity contribution is 5.84. The van der Waals surface area contributed by atoms with Gasteiger partial charge in [-0.2, -0.15) is 0 Å². The maximum atomic E-state index is 12.6. The van der Waals surface area contributed by atoms with Gasteiger partial charge in [-0.15, -0.1) is 0 Å². The Labute approximate surface area is 113 Å². The number of rotatable bonds is 5. The summed E-state index contributed by atoms with van der Waals surface area (Å²) in [5.41, 5.74) is 4.83. The van der Waals surface area contributed by atoms with Crippen LogP contribution in [0, 0.1) is 5.41 Å². The summed E-state index contributed by atoms with van der Waals surface area (Å²) in [6.45, 7) is 0.363. The molecule has 0 atom stereocenters. The van der Waals surface area contributed by atoms with Crippen LogP contribution in [0.2, 0.25) is 0 Å². The van der Waals surface area contributed by atoms with Gasteiger partial charge in [0.05, 0.1) is 17.4 Å². The molecule has 2 fully saturated rings. The second-order valence-corrected chi connectivity index (χ2v) is 6.20. The van der Waals surface area contributed by atoms with E-state index in [1.807, 2.05) is 0 Å². The van der Waals surface area contributed by atoms with E-state index < -0.39 is 16.9 Å². The highest BCUT2D eigenvalue weighted by Gasteiger charge is 2.45. The largest absolute Gasteiger partial charge is 0.481 e. The Balaban J connectivity index is 2.08. The number of amides is 1. The van der Waals surface area contributed by atoms with Gasteiger partial charge in [-0.25, -0.2) is 0 Å². The SMILES string of the molecule is NCC1(C(=O)NC2(CC(=O)O)CCCC2)CCCC1. The van der Waals surface area contributed by atoms with Gasteiger partial charge < -0.3 is 16.2 Å². The lowest BCUT2D eigenvalue weighted by Crippen LogP contribution is -2.54. The van der Waals surface area contributed by atoms with Crippen molar-refractivity contribution in [2.75, 3.05) is 6.54 Å². The molecule has 2 aliphatic rings. The van der Waals surface area contributed by atoms with Crippen LogP contribution < -0.4 is 11.1 Å². The van der Waals surface area contributed by atoms with Crippen LogP contribution >= 0.6 is 0 Å². The maximum absolute atomic E-state index is 12.6. The van der Waals surface area contributed by atoms with Crippen molar-refractivity contribution >= 4 is 11.9 Å². The molecule has 0 aromatic rings. The van der Waals surface area contributed by atoms with Gasteiger partial charge in [-0.05, 0) is 25.7 Å². The standard InChI is InChI=1S/C14H24N2O3/c15-10-13(5-1-2-6-13)12(19)16-14(9-11(17)18)7-3-4-8-14/h1-10,15H2,(H,16,19)(H,17,18). The molecule has 4 N–H and O–H groups in total. The maximum Gasteiger partial charge on any atom is 0.305 e. The van der Waals surface area contributed by atoms with Crippen molar-refractivity contribution in [2.24, 2.45) is 11.1 Å². The molecule has 0 bridgehead atoms. The van der Waals surface area contributed by atoms with Gasteiger partial charge >= 0.3 is 5.97 Å². The Kier molecular flexibility index (Phi) is 4.13. The first-order chi connectivity index (χ1) is 9.02. The molecule has 0 unspecified atom stereocenters. The van der Waals surface area contributed by atoms with Gasteiger partial charge in [0.2, 0.25) is 5.91 Å². The van der Waals surface area contributed by atoms with Crippen molar-refractivity contribution in [1.82, 2.24) is 5.32 Å². The van der Waals surface area contributed by atoms with Crippen molar-refractivity contribution in [1.29, 1.82) is 0 Å². The smallest absolute Gasteiger partial charge is 0.305 e. The third-order valence-electron chi connectivity index (χ3n) is 4.86. The lowest BCUT2D eigenvalue weighted by molar-refractivity contribution is -0.140. The Bertz CT molecular complexity index is 356. The van der Waals surface area contributed by atoms with E-state index in [9.17, 15) is 9.59 Å². The monoisotopic (exact) mass is 268 g/mol. The molecule has 2 saturated carbocycles. The lowest BCUT2D eigenvalue weighted by atomic mass is 9.83. The van der Waals surface area contributed by atoms with Gasteiger partial charge in [0.25, 0.3) is 0 Å². The summed E-state index contributed by atoms with van der Waals surface area (Å²) < 4.78 is 0. The third-order valence-corrected chi connectivity index (χ3v) is 4.86. The molecular formula is C14H24N2O3. The fourth-order valence-corrected chi connectivity index (χ4v) is 3.64. The first kappa shape index (κ1) is 14.3. The van der Waals surface area contributed by atoms with E-state index in [-0.39, 0.29) is 12.3 Å². The summed E-state index contributed by atoms with van der Waals surface area (Å²) in [6, 6.07) is 0. The van der Waals surface area contributed by atoms with E-state index in [2.05, 4.69) is 5.32 Å². The number of carbonyl (C=O) groups is 2. The molecule has 0 aliphatic heterocycles. The summed E-state index contributed by atoms with van der Waals surface area (Å²) in [6.07, 6.45) is 7.28. The van der Waals surface area contributed by atoms with Gasteiger partial charge in [-0.3, -0.25) is 9.59 Å². The van der Waals surface area contributed by atoms with Crippen LogP contribution in [0.25, 0.3) is 0 Å². The Morgan fingerprint density at radius 3 is 2.05 bits per heavy atom. The van der Waals surface area contributed by atoms with E-state index in [1.54, 1.807) is 0 Å². The number of aliphatic carboxylic acids is 1. The minimum atomic E-state index is -0.838. The van der Waals surface area contributed by atoms with E-state index in [0.29, 0.717) is 6.54 Å². The second kappa shape index (κ2) is 5.49. The molecule has 0 aromatic heterocycles. The normalized spacial score (nSPS) is 24.3. The lowest BCUT2D eigenvalue weighted by Gasteiger charge is -2.34. The molecule has 19 heavy (non-hydrogen) atoms. The zero-order valence-electron chi connectivity index (χ0n) is 11.4. The topological polar surface area (TPSA) is 92.4 Å². The molecule has 108 valence electrons. The van der Waals surface area contributed by atoms with Gasteiger partial charge in [0.1, 0.15) is 0 Å². The van der Waals surface area contributed by atoms with Crippen LogP contribution in [0.15, 0.2) is 0 Å². The predicted molar refractivity (Wildman–Crippen MR) is 71.5 cm³/mol. The molecule has 0 aromatic carbocycles. The second-order valence-electron chi connectivity index (χ2n) is 6.20. The number of hydrogen-bond donors (Lipinski definition) is 3. The van der Waals surface area contributed by atoms with E-state index >= 15 is 0 Å². The van der Waals surface area contributed by atoms with Crippen LogP contribution in [-0.4, -0.2) is 29.1 Å².